The molecule has 320 valence electrons. The molecule has 1 aliphatic heterocycles. The Bertz CT molecular complexity index is 2190. The van der Waals surface area contributed by atoms with Crippen LogP contribution in [0.15, 0.2) is 127 Å². The van der Waals surface area contributed by atoms with E-state index in [1.165, 1.54) is 12.1 Å². The molecule has 2 saturated carbocycles. The second kappa shape index (κ2) is 19.2. The Morgan fingerprint density at radius 1 is 0.918 bits per heavy atom. The number of rotatable bonds is 19. The van der Waals surface area contributed by atoms with Crippen molar-refractivity contribution >= 4 is 11.6 Å². The number of ether oxygens (including phenoxy) is 3. The average Bonchev–Trinajstić information content (AvgIpc) is 4.14. The summed E-state index contributed by atoms with van der Waals surface area (Å²) < 4.78 is 35.3. The lowest BCUT2D eigenvalue weighted by atomic mass is 9.55. The number of nitrogens with zero attached hydrogens (tertiary/aromatic N) is 2. The first kappa shape index (κ1) is 42.4. The topological polar surface area (TPSA) is 110 Å². The smallest absolute Gasteiger partial charge is 0.239 e. The third-order valence-corrected chi connectivity index (χ3v) is 12.9. The van der Waals surface area contributed by atoms with Crippen molar-refractivity contribution in [3.63, 3.8) is 0 Å². The third kappa shape index (κ3) is 9.03. The molecule has 1 amide bonds. The normalized spacial score (nSPS) is 24.5. The number of benzene rings is 4. The number of carbonyl (C=O) groups is 1. The standard InChI is InChI=1S/C51H57FN2O7/c1-3-29-59-51-47(54(50(57)37-17-18-37)33-34-15-21-39(52)22-16-34)32-45(53-58-2)43-30-38(13-7-9-27-55)42(14-8-10-28-56)48(49(43)51)44-31-41(25-26-46(44)61-51)60-40-23-19-36(20-24-40)35-11-5-4-6-12-35/h3-6,11-12,15-16,19-26,30-31,37-38,42,47-49,55-56H,1,7-10,13-14,17-18,27-29,32-33H2,2H3/t38-,42+,47-,48+,49+,51+/m0/s1. The summed E-state index contributed by atoms with van der Waals surface area (Å²) in [6, 6.07) is 29.9. The van der Waals surface area contributed by atoms with Gasteiger partial charge in [-0.1, -0.05) is 84.7 Å². The summed E-state index contributed by atoms with van der Waals surface area (Å²) >= 11 is 0. The van der Waals surface area contributed by atoms with Crippen LogP contribution in [0.1, 0.15) is 74.8 Å². The molecule has 10 heteroatoms. The highest BCUT2D eigenvalue weighted by molar-refractivity contribution is 6.03. The first-order chi connectivity index (χ1) is 29.9. The van der Waals surface area contributed by atoms with E-state index >= 15 is 0 Å². The minimum absolute atomic E-state index is 0.00487. The van der Waals surface area contributed by atoms with Crippen molar-refractivity contribution in [1.29, 1.82) is 0 Å². The molecule has 0 unspecified atom stereocenters. The minimum atomic E-state index is -1.38. The molecular formula is C51H57FN2O7. The lowest BCUT2D eigenvalue weighted by molar-refractivity contribution is -0.258. The molecule has 0 saturated heterocycles. The molecule has 0 aromatic heterocycles. The van der Waals surface area contributed by atoms with E-state index in [1.807, 2.05) is 47.4 Å². The van der Waals surface area contributed by atoms with E-state index < -0.39 is 17.7 Å². The number of aliphatic hydroxyl groups is 2. The number of oxime groups is 1. The van der Waals surface area contributed by atoms with Crippen LogP contribution in [-0.4, -0.2) is 65.5 Å². The summed E-state index contributed by atoms with van der Waals surface area (Å²) in [6.07, 6.45) is 10.6. The molecule has 1 heterocycles. The van der Waals surface area contributed by atoms with Crippen LogP contribution in [0, 0.1) is 29.5 Å². The van der Waals surface area contributed by atoms with Gasteiger partial charge < -0.3 is 34.2 Å². The van der Waals surface area contributed by atoms with Gasteiger partial charge in [0.15, 0.2) is 0 Å². The van der Waals surface area contributed by atoms with Crippen LogP contribution in [-0.2, 0) is 20.9 Å². The summed E-state index contributed by atoms with van der Waals surface area (Å²) in [5.41, 5.74) is 5.68. The van der Waals surface area contributed by atoms with E-state index in [1.54, 1.807) is 25.3 Å². The summed E-state index contributed by atoms with van der Waals surface area (Å²) in [6.45, 7) is 4.64. The van der Waals surface area contributed by atoms with Gasteiger partial charge in [-0.2, -0.15) is 0 Å². The molecule has 3 aliphatic carbocycles. The van der Waals surface area contributed by atoms with E-state index in [9.17, 15) is 19.4 Å². The first-order valence-electron chi connectivity index (χ1n) is 21.9. The van der Waals surface area contributed by atoms with Crippen molar-refractivity contribution in [3.8, 4) is 28.4 Å². The van der Waals surface area contributed by atoms with Gasteiger partial charge in [-0.25, -0.2) is 4.39 Å². The van der Waals surface area contributed by atoms with Crippen molar-refractivity contribution in [3.05, 3.63) is 138 Å². The monoisotopic (exact) mass is 828 g/mol. The summed E-state index contributed by atoms with van der Waals surface area (Å²) in [4.78, 5) is 22.1. The molecule has 61 heavy (non-hydrogen) atoms. The fourth-order valence-electron chi connectivity index (χ4n) is 10.00. The maximum atomic E-state index is 14.7. The molecule has 4 aliphatic rings. The predicted molar refractivity (Wildman–Crippen MR) is 234 cm³/mol. The van der Waals surface area contributed by atoms with Crippen molar-refractivity contribution in [2.45, 2.75) is 82.1 Å². The Morgan fingerprint density at radius 2 is 1.62 bits per heavy atom. The van der Waals surface area contributed by atoms with Gasteiger partial charge >= 0.3 is 0 Å². The van der Waals surface area contributed by atoms with Crippen LogP contribution in [0.4, 0.5) is 4.39 Å². The van der Waals surface area contributed by atoms with E-state index in [2.05, 4.69) is 43.0 Å². The van der Waals surface area contributed by atoms with Crippen LogP contribution in [0.5, 0.6) is 17.2 Å². The molecule has 0 radical (unpaired) electrons. The van der Waals surface area contributed by atoms with Crippen LogP contribution >= 0.6 is 0 Å². The highest BCUT2D eigenvalue weighted by Crippen LogP contribution is 2.62. The second-order valence-electron chi connectivity index (χ2n) is 16.8. The fourth-order valence-corrected chi connectivity index (χ4v) is 10.00. The van der Waals surface area contributed by atoms with Gasteiger partial charge in [0.2, 0.25) is 11.7 Å². The van der Waals surface area contributed by atoms with Crippen molar-refractivity contribution in [2.75, 3.05) is 26.9 Å². The van der Waals surface area contributed by atoms with Gasteiger partial charge in [-0.05, 0) is 115 Å². The Morgan fingerprint density at radius 3 is 2.31 bits per heavy atom. The van der Waals surface area contributed by atoms with Crippen molar-refractivity contribution in [2.24, 2.45) is 28.8 Å². The van der Waals surface area contributed by atoms with E-state index in [-0.39, 0.29) is 61.8 Å². The lowest BCUT2D eigenvalue weighted by Gasteiger charge is -2.60. The molecule has 0 spiro atoms. The number of fused-ring (bicyclic) bond motifs is 2. The number of allylic oxidation sites excluding steroid dienone is 1. The van der Waals surface area contributed by atoms with Gasteiger partial charge in [-0.3, -0.25) is 4.79 Å². The molecule has 9 nitrogen and oxygen atoms in total. The van der Waals surface area contributed by atoms with Crippen LogP contribution in [0.3, 0.4) is 0 Å². The number of amides is 1. The Hall–Kier alpha value is -5.29. The summed E-state index contributed by atoms with van der Waals surface area (Å²) in [7, 11) is 1.55. The predicted octanol–water partition coefficient (Wildman–Crippen LogP) is 9.99. The molecule has 2 fully saturated rings. The third-order valence-electron chi connectivity index (χ3n) is 12.9. The highest BCUT2D eigenvalue weighted by atomic mass is 19.1. The Kier molecular flexibility index (Phi) is 13.3. The SMILES string of the molecule is C=CCO[C@@]12Oc3ccc(Oc4ccc(-c5ccccc5)cc4)cc3[C@H]3[C@H](CCCCO)[C@@H](CCCCO)C=C(C(=NOC)C[C@@H]1N(Cc1ccc(F)cc1)C(=O)C1CC1)[C@H]32. The maximum absolute atomic E-state index is 14.7. The maximum Gasteiger partial charge on any atom is 0.239 e. The highest BCUT2D eigenvalue weighted by Gasteiger charge is 2.66. The number of carbonyl (C=O) groups excluding carboxylic acids is 1. The zero-order valence-corrected chi connectivity index (χ0v) is 35.0. The molecule has 4 aromatic rings. The molecule has 0 bridgehead atoms. The lowest BCUT2D eigenvalue weighted by Crippen LogP contribution is -2.70. The number of unbranched alkanes of at least 4 members (excludes halogenated alkanes) is 2. The molecule has 2 N–H and O–H groups in total. The number of aliphatic hydroxyl groups excluding tert-OH is 2. The van der Waals surface area contributed by atoms with Gasteiger partial charge in [0.05, 0.1) is 18.2 Å². The van der Waals surface area contributed by atoms with Gasteiger partial charge in [0.25, 0.3) is 0 Å². The summed E-state index contributed by atoms with van der Waals surface area (Å²) in [5.74, 6) is -0.293. The minimum Gasteiger partial charge on any atom is -0.459 e. The van der Waals surface area contributed by atoms with Gasteiger partial charge in [-0.15, -0.1) is 6.58 Å². The quantitative estimate of drug-likeness (QED) is 0.0550. The fraction of sp³-hybridized carbons (Fsp3) is 0.412. The number of halogens is 1. The number of hydrogen-bond acceptors (Lipinski definition) is 8. The largest absolute Gasteiger partial charge is 0.459 e. The van der Waals surface area contributed by atoms with E-state index in [0.29, 0.717) is 36.5 Å². The van der Waals surface area contributed by atoms with Crippen LogP contribution in [0.25, 0.3) is 11.1 Å². The molecular weight excluding hydrogens is 772 g/mol. The van der Waals surface area contributed by atoms with E-state index in [4.69, 9.17) is 24.2 Å². The average molecular weight is 829 g/mol. The van der Waals surface area contributed by atoms with E-state index in [0.717, 1.165) is 72.1 Å². The van der Waals surface area contributed by atoms with Gasteiger partial charge in [0, 0.05) is 43.6 Å². The van der Waals surface area contributed by atoms with Crippen LogP contribution in [0.2, 0.25) is 0 Å². The Balaban J connectivity index is 1.28. The number of hydrogen-bond donors (Lipinski definition) is 2. The molecule has 4 aromatic carbocycles. The van der Waals surface area contributed by atoms with Crippen molar-refractivity contribution in [1.82, 2.24) is 4.90 Å². The molecule has 8 rings (SSSR count). The first-order valence-corrected chi connectivity index (χ1v) is 21.9. The van der Waals surface area contributed by atoms with Crippen molar-refractivity contribution < 1.29 is 38.4 Å². The molecule has 6 atom stereocenters. The van der Waals surface area contributed by atoms with Crippen LogP contribution < -0.4 is 9.47 Å². The zero-order valence-electron chi connectivity index (χ0n) is 35.0. The van der Waals surface area contributed by atoms with Gasteiger partial charge in [0.1, 0.15) is 36.2 Å². The summed E-state index contributed by atoms with van der Waals surface area (Å²) in [5, 5.41) is 24.5. The zero-order chi connectivity index (χ0) is 42.3. The second-order valence-corrected chi connectivity index (χ2v) is 16.8. The Labute approximate surface area is 358 Å².